The zero-order valence-corrected chi connectivity index (χ0v) is 10.4. The van der Waals surface area contributed by atoms with Gasteiger partial charge in [0.25, 0.3) is 5.91 Å². The lowest BCUT2D eigenvalue weighted by molar-refractivity contribution is 0.0911. The van der Waals surface area contributed by atoms with Crippen LogP contribution in [0.1, 0.15) is 24.2 Å². The third-order valence-electron chi connectivity index (χ3n) is 2.71. The van der Waals surface area contributed by atoms with Gasteiger partial charge in [0, 0.05) is 37.2 Å². The lowest BCUT2D eigenvalue weighted by atomic mass is 9.95. The number of amides is 1. The van der Waals surface area contributed by atoms with Crippen molar-refractivity contribution in [2.45, 2.75) is 13.8 Å². The molecule has 3 N–H and O–H groups in total. The smallest absolute Gasteiger partial charge is 0.255 e. The predicted molar refractivity (Wildman–Crippen MR) is 66.2 cm³/mol. The molecule has 1 amide bonds. The molecule has 0 saturated carbocycles. The Labute approximate surface area is 105 Å². The predicted octanol–water partition coefficient (Wildman–Crippen LogP) is 0.658. The molecule has 0 spiro atoms. The third-order valence-corrected chi connectivity index (χ3v) is 2.71. The van der Waals surface area contributed by atoms with Gasteiger partial charge in [-0.2, -0.15) is 0 Å². The number of nitrogens with zero attached hydrogens (tertiary/aromatic N) is 2. The fourth-order valence-corrected chi connectivity index (χ4v) is 1.49. The Balaban J connectivity index is 2.11. The van der Waals surface area contributed by atoms with E-state index in [-0.39, 0.29) is 17.9 Å². The number of aromatic amines is 1. The number of nitrogens with one attached hydrogen (secondary N) is 2. The van der Waals surface area contributed by atoms with E-state index in [2.05, 4.69) is 20.3 Å². The molecule has 18 heavy (non-hydrogen) atoms. The molecule has 0 fully saturated rings. The second-order valence-electron chi connectivity index (χ2n) is 4.96. The number of H-pyrrole nitrogens is 1. The first-order valence-corrected chi connectivity index (χ1v) is 5.71. The molecule has 0 aromatic rings. The van der Waals surface area contributed by atoms with Crippen LogP contribution in [0.2, 0.25) is 0 Å². The molecule has 2 rings (SSSR count). The van der Waals surface area contributed by atoms with Crippen molar-refractivity contribution >= 4 is 5.91 Å². The molecule has 0 bridgehead atoms. The van der Waals surface area contributed by atoms with Gasteiger partial charge in [-0.3, -0.25) is 4.79 Å². The van der Waals surface area contributed by atoms with E-state index in [9.17, 15) is 4.79 Å². The van der Waals surface area contributed by atoms with Gasteiger partial charge in [-0.05, 0) is 0 Å². The van der Waals surface area contributed by atoms with Crippen LogP contribution in [-0.4, -0.2) is 39.1 Å². The number of hydrogen-bond donors (Lipinski definition) is 3. The summed E-state index contributed by atoms with van der Waals surface area (Å²) in [7, 11) is 0. The maximum atomic E-state index is 12.0. The minimum Gasteiger partial charge on any atom is -0.396 e. The van der Waals surface area contributed by atoms with Crippen molar-refractivity contribution in [3.05, 3.63) is 24.2 Å². The molecule has 6 heteroatoms. The molecule has 2 heterocycles. The highest BCUT2D eigenvalue weighted by Gasteiger charge is 2.22. The van der Waals surface area contributed by atoms with Gasteiger partial charge in [-0.1, -0.05) is 13.8 Å². The molecule has 6 nitrogen and oxygen atoms in total. The normalized spacial score (nSPS) is 11.7. The number of aliphatic hydroxyl groups is 1. The van der Waals surface area contributed by atoms with E-state index in [1.807, 2.05) is 13.8 Å². The van der Waals surface area contributed by atoms with Gasteiger partial charge in [-0.15, -0.1) is 0 Å². The molecule has 2 aliphatic heterocycles. The van der Waals surface area contributed by atoms with Gasteiger partial charge in [0.2, 0.25) is 0 Å². The first kappa shape index (κ1) is 12.5. The van der Waals surface area contributed by atoms with Crippen LogP contribution < -0.4 is 5.32 Å². The number of carbonyl (C=O) groups excluding carboxylic acids is 1. The molecule has 0 aromatic heterocycles. The van der Waals surface area contributed by atoms with Crippen LogP contribution in [0.3, 0.4) is 0 Å². The van der Waals surface area contributed by atoms with Gasteiger partial charge < -0.3 is 15.4 Å². The summed E-state index contributed by atoms with van der Waals surface area (Å²) in [5.41, 5.74) is 0.747. The molecule has 0 aromatic carbocycles. The van der Waals surface area contributed by atoms with Gasteiger partial charge in [-0.25, -0.2) is 9.97 Å². The van der Waals surface area contributed by atoms with Gasteiger partial charge in [0.1, 0.15) is 0 Å². The molecule has 0 aliphatic carbocycles. The van der Waals surface area contributed by atoms with Crippen LogP contribution in [-0.2, 0) is 0 Å². The summed E-state index contributed by atoms with van der Waals surface area (Å²) < 4.78 is 0. The Hall–Kier alpha value is -1.95. The monoisotopic (exact) mass is 248 g/mol. The summed E-state index contributed by atoms with van der Waals surface area (Å²) in [4.78, 5) is 23.1. The van der Waals surface area contributed by atoms with Crippen LogP contribution in [0.5, 0.6) is 0 Å². The van der Waals surface area contributed by atoms with Crippen LogP contribution >= 0.6 is 0 Å². The van der Waals surface area contributed by atoms with Crippen molar-refractivity contribution in [2.75, 3.05) is 13.2 Å². The minimum atomic E-state index is -0.340. The number of rotatable bonds is 4. The standard InChI is InChI=1S/C12H16N4O2/c1-12(2,7-17)6-16-11(18)8-5-15-10-9(8)13-3-4-14-10/h3-5,13,17H,6-7H2,1-2H3,(H,16,18). The van der Waals surface area contributed by atoms with Crippen molar-refractivity contribution < 1.29 is 9.90 Å². The van der Waals surface area contributed by atoms with Crippen LogP contribution in [0.25, 0.3) is 11.5 Å². The number of carbonyl (C=O) groups is 1. The first-order valence-electron chi connectivity index (χ1n) is 5.71. The molecule has 0 saturated heterocycles. The summed E-state index contributed by atoms with van der Waals surface area (Å²) in [5.74, 6) is 0.298. The average molecular weight is 248 g/mol. The zero-order chi connectivity index (χ0) is 13.2. The Morgan fingerprint density at radius 2 is 2.28 bits per heavy atom. The minimum absolute atomic E-state index is 0.0149. The zero-order valence-electron chi connectivity index (χ0n) is 10.4. The highest BCUT2D eigenvalue weighted by molar-refractivity contribution is 5.99. The molecule has 96 valence electrons. The van der Waals surface area contributed by atoms with Crippen LogP contribution in [0.15, 0.2) is 18.6 Å². The lowest BCUT2D eigenvalue weighted by Crippen LogP contribution is -2.36. The van der Waals surface area contributed by atoms with E-state index < -0.39 is 0 Å². The summed E-state index contributed by atoms with van der Waals surface area (Å²) in [6.07, 6.45) is 4.74. The van der Waals surface area contributed by atoms with Gasteiger partial charge in [0.05, 0.1) is 11.3 Å². The van der Waals surface area contributed by atoms with Crippen LogP contribution in [0.4, 0.5) is 0 Å². The Morgan fingerprint density at radius 1 is 1.50 bits per heavy atom. The molecule has 0 radical (unpaired) electrons. The second-order valence-corrected chi connectivity index (χ2v) is 4.96. The van der Waals surface area contributed by atoms with E-state index in [4.69, 9.17) is 5.11 Å². The molecular weight excluding hydrogens is 232 g/mol. The lowest BCUT2D eigenvalue weighted by Gasteiger charge is -2.21. The Kier molecular flexibility index (Phi) is 3.29. The maximum absolute atomic E-state index is 12.0. The topological polar surface area (TPSA) is 90.9 Å². The van der Waals surface area contributed by atoms with E-state index >= 15 is 0 Å². The average Bonchev–Trinajstić information content (AvgIpc) is 2.80. The highest BCUT2D eigenvalue weighted by Crippen LogP contribution is 2.19. The summed E-state index contributed by atoms with van der Waals surface area (Å²) in [6.45, 7) is 4.17. The summed E-state index contributed by atoms with van der Waals surface area (Å²) in [5, 5.41) is 11.9. The van der Waals surface area contributed by atoms with Crippen molar-refractivity contribution in [2.24, 2.45) is 5.41 Å². The van der Waals surface area contributed by atoms with Crippen LogP contribution in [0, 0.1) is 5.41 Å². The van der Waals surface area contributed by atoms with Gasteiger partial charge in [0.15, 0.2) is 5.82 Å². The fraction of sp³-hybridized carbons (Fsp3) is 0.417. The van der Waals surface area contributed by atoms with Crippen molar-refractivity contribution in [1.29, 1.82) is 0 Å². The molecule has 0 unspecified atom stereocenters. The summed E-state index contributed by atoms with van der Waals surface area (Å²) >= 11 is 0. The number of hydrogen-bond acceptors (Lipinski definition) is 4. The Morgan fingerprint density at radius 3 is 3.00 bits per heavy atom. The number of aromatic nitrogens is 3. The van der Waals surface area contributed by atoms with E-state index in [1.54, 1.807) is 12.4 Å². The summed E-state index contributed by atoms with van der Waals surface area (Å²) in [6, 6.07) is 0. The van der Waals surface area contributed by atoms with Crippen molar-refractivity contribution in [3.8, 4) is 11.5 Å². The molecule has 0 atom stereocenters. The van der Waals surface area contributed by atoms with Crippen molar-refractivity contribution in [3.63, 3.8) is 0 Å². The van der Waals surface area contributed by atoms with E-state index in [1.165, 1.54) is 6.20 Å². The molecule has 2 aliphatic rings. The molecular formula is C12H16N4O2. The third kappa shape index (κ3) is 2.48. The largest absolute Gasteiger partial charge is 0.396 e. The fourth-order valence-electron chi connectivity index (χ4n) is 1.49. The van der Waals surface area contributed by atoms with Crippen molar-refractivity contribution in [1.82, 2.24) is 20.3 Å². The quantitative estimate of drug-likeness (QED) is 0.741. The maximum Gasteiger partial charge on any atom is 0.255 e. The van der Waals surface area contributed by atoms with E-state index in [0.717, 1.165) is 0 Å². The number of fused-ring (bicyclic) bond motifs is 1. The Bertz CT molecular complexity index is 521. The first-order chi connectivity index (χ1) is 8.53. The SMILES string of the molecule is CC(C)(CO)CNC(=O)c1cnc2ncc[nH]c1-2. The second kappa shape index (κ2) is 4.73. The van der Waals surface area contributed by atoms with Gasteiger partial charge >= 0.3 is 0 Å². The number of aliphatic hydroxyl groups excluding tert-OH is 1. The highest BCUT2D eigenvalue weighted by atomic mass is 16.3. The van der Waals surface area contributed by atoms with E-state index in [0.29, 0.717) is 23.6 Å².